The van der Waals surface area contributed by atoms with Crippen molar-refractivity contribution in [2.24, 2.45) is 5.41 Å². The molecule has 0 atom stereocenters. The lowest BCUT2D eigenvalue weighted by Crippen LogP contribution is -2.48. The molecular weight excluding hydrogens is 265 g/mol. The summed E-state index contributed by atoms with van der Waals surface area (Å²) < 4.78 is 37.1. The fourth-order valence-corrected chi connectivity index (χ4v) is 1.91. The van der Waals surface area contributed by atoms with E-state index in [1.165, 1.54) is 0 Å². The van der Waals surface area contributed by atoms with Gasteiger partial charge in [0.05, 0.1) is 5.41 Å². The van der Waals surface area contributed by atoms with Crippen LogP contribution in [0.5, 0.6) is 0 Å². The predicted molar refractivity (Wildman–Crippen MR) is 58.5 cm³/mol. The van der Waals surface area contributed by atoms with Crippen LogP contribution in [0.25, 0.3) is 0 Å². The first-order valence-corrected chi connectivity index (χ1v) is 6.08. The Kier molecular flexibility index (Phi) is 3.36. The van der Waals surface area contributed by atoms with Crippen molar-refractivity contribution in [1.29, 1.82) is 0 Å². The normalized spacial score (nSPS) is 20.8. The number of rotatable bonds is 5. The molecule has 2 rings (SSSR count). The number of amides is 2. The van der Waals surface area contributed by atoms with Crippen LogP contribution >= 0.6 is 0 Å². The summed E-state index contributed by atoms with van der Waals surface area (Å²) in [5.74, 6) is -1.01. The van der Waals surface area contributed by atoms with Gasteiger partial charge >= 0.3 is 18.2 Å². The molecule has 0 aliphatic heterocycles. The quantitative estimate of drug-likeness (QED) is 0.803. The number of alkyl halides is 3. The lowest BCUT2D eigenvalue weighted by Gasteiger charge is -2.24. The number of carbonyl (C=O) groups is 2. The minimum atomic E-state index is -4.44. The Morgan fingerprint density at radius 1 is 1.32 bits per heavy atom. The summed E-state index contributed by atoms with van der Waals surface area (Å²) >= 11 is 0. The van der Waals surface area contributed by atoms with Crippen molar-refractivity contribution < 1.29 is 27.9 Å². The van der Waals surface area contributed by atoms with Gasteiger partial charge in [-0.3, -0.25) is 4.79 Å². The van der Waals surface area contributed by atoms with Crippen LogP contribution < -0.4 is 5.32 Å². The lowest BCUT2D eigenvalue weighted by atomic mass is 10.1. The van der Waals surface area contributed by atoms with Gasteiger partial charge in [0.15, 0.2) is 0 Å². The third kappa shape index (κ3) is 3.51. The van der Waals surface area contributed by atoms with E-state index in [0.717, 1.165) is 4.90 Å². The molecule has 0 aromatic heterocycles. The zero-order valence-corrected chi connectivity index (χ0v) is 10.2. The summed E-state index contributed by atoms with van der Waals surface area (Å²) in [5.41, 5.74) is -0.969. The minimum absolute atomic E-state index is 0.109. The van der Waals surface area contributed by atoms with Crippen molar-refractivity contribution in [2.45, 2.75) is 37.9 Å². The topological polar surface area (TPSA) is 69.6 Å². The van der Waals surface area contributed by atoms with E-state index < -0.39 is 30.1 Å². The number of carboxylic acid groups (broad SMARTS) is 1. The van der Waals surface area contributed by atoms with E-state index in [0.29, 0.717) is 25.7 Å². The highest BCUT2D eigenvalue weighted by atomic mass is 19.4. The third-order valence-corrected chi connectivity index (χ3v) is 3.48. The van der Waals surface area contributed by atoms with Crippen LogP contribution in [0, 0.1) is 5.41 Å². The van der Waals surface area contributed by atoms with Gasteiger partial charge < -0.3 is 15.3 Å². The summed E-state index contributed by atoms with van der Waals surface area (Å²) in [6.45, 7) is -1.40. The molecule has 0 unspecified atom stereocenters. The van der Waals surface area contributed by atoms with Crippen molar-refractivity contribution in [3.8, 4) is 0 Å². The van der Waals surface area contributed by atoms with Gasteiger partial charge in [0, 0.05) is 12.6 Å². The Balaban J connectivity index is 1.88. The molecule has 0 bridgehead atoms. The van der Waals surface area contributed by atoms with Crippen molar-refractivity contribution in [2.75, 3.05) is 13.1 Å². The molecule has 2 aliphatic carbocycles. The Hall–Kier alpha value is -1.47. The molecule has 2 fully saturated rings. The zero-order chi connectivity index (χ0) is 14.3. The van der Waals surface area contributed by atoms with E-state index in [1.807, 2.05) is 0 Å². The van der Waals surface area contributed by atoms with E-state index in [-0.39, 0.29) is 12.6 Å². The fourth-order valence-electron chi connectivity index (χ4n) is 1.91. The van der Waals surface area contributed by atoms with Crippen LogP contribution in [0.3, 0.4) is 0 Å². The molecule has 0 saturated heterocycles. The predicted octanol–water partition coefficient (Wildman–Crippen LogP) is 1.59. The van der Waals surface area contributed by atoms with Crippen LogP contribution in [-0.2, 0) is 4.79 Å². The van der Waals surface area contributed by atoms with Crippen molar-refractivity contribution >= 4 is 12.0 Å². The summed E-state index contributed by atoms with van der Waals surface area (Å²) in [6.07, 6.45) is -2.41. The molecule has 2 N–H and O–H groups in total. The molecule has 0 aromatic carbocycles. The minimum Gasteiger partial charge on any atom is -0.481 e. The van der Waals surface area contributed by atoms with Gasteiger partial charge in [-0.05, 0) is 25.7 Å². The SMILES string of the molecule is O=C(NCC1(C(=O)O)CC1)N(CC(F)(F)F)C1CC1. The summed E-state index contributed by atoms with van der Waals surface area (Å²) in [5, 5.41) is 11.2. The van der Waals surface area contributed by atoms with Crippen molar-refractivity contribution in [3.05, 3.63) is 0 Å². The van der Waals surface area contributed by atoms with Crippen LogP contribution in [0.4, 0.5) is 18.0 Å². The number of hydrogen-bond donors (Lipinski definition) is 2. The molecule has 8 heteroatoms. The van der Waals surface area contributed by atoms with Crippen LogP contribution in [-0.4, -0.2) is 47.3 Å². The maximum Gasteiger partial charge on any atom is 0.406 e. The maximum atomic E-state index is 12.4. The molecule has 0 aromatic rings. The smallest absolute Gasteiger partial charge is 0.406 e. The number of carboxylic acids is 1. The van der Waals surface area contributed by atoms with E-state index in [1.54, 1.807) is 0 Å². The van der Waals surface area contributed by atoms with Crippen LogP contribution in [0.15, 0.2) is 0 Å². The van der Waals surface area contributed by atoms with Crippen molar-refractivity contribution in [3.63, 3.8) is 0 Å². The van der Waals surface area contributed by atoms with E-state index >= 15 is 0 Å². The number of hydrogen-bond acceptors (Lipinski definition) is 2. The van der Waals surface area contributed by atoms with Gasteiger partial charge in [-0.2, -0.15) is 13.2 Å². The number of nitrogens with one attached hydrogen (secondary N) is 1. The Bertz CT molecular complexity index is 389. The average molecular weight is 280 g/mol. The van der Waals surface area contributed by atoms with E-state index in [2.05, 4.69) is 5.32 Å². The summed E-state index contributed by atoms with van der Waals surface area (Å²) in [4.78, 5) is 23.4. The molecule has 108 valence electrons. The number of nitrogens with zero attached hydrogens (tertiary/aromatic N) is 1. The molecular formula is C11H15F3N2O3. The largest absolute Gasteiger partial charge is 0.481 e. The standard InChI is InChI=1S/C11H15F3N2O3/c12-11(13,14)6-16(7-1-2-7)9(19)15-5-10(3-4-10)8(17)18/h7H,1-6H2,(H,15,19)(H,17,18). The van der Waals surface area contributed by atoms with Gasteiger partial charge in [0.25, 0.3) is 0 Å². The van der Waals surface area contributed by atoms with Gasteiger partial charge in [0.1, 0.15) is 6.54 Å². The fraction of sp³-hybridized carbons (Fsp3) is 0.818. The molecule has 2 saturated carbocycles. The highest BCUT2D eigenvalue weighted by Gasteiger charge is 2.51. The number of halogens is 3. The van der Waals surface area contributed by atoms with Gasteiger partial charge in [-0.15, -0.1) is 0 Å². The zero-order valence-electron chi connectivity index (χ0n) is 10.2. The first-order valence-electron chi connectivity index (χ1n) is 6.08. The molecule has 19 heavy (non-hydrogen) atoms. The second-order valence-corrected chi connectivity index (χ2v) is 5.22. The first-order chi connectivity index (χ1) is 8.73. The lowest BCUT2D eigenvalue weighted by molar-refractivity contribution is -0.144. The molecule has 0 heterocycles. The van der Waals surface area contributed by atoms with Gasteiger partial charge in [-0.1, -0.05) is 0 Å². The number of urea groups is 1. The maximum absolute atomic E-state index is 12.4. The second kappa shape index (κ2) is 4.57. The molecule has 0 radical (unpaired) electrons. The van der Waals surface area contributed by atoms with Gasteiger partial charge in [-0.25, -0.2) is 4.79 Å². The summed E-state index contributed by atoms with van der Waals surface area (Å²) in [6, 6.07) is -1.20. The Morgan fingerprint density at radius 2 is 1.89 bits per heavy atom. The van der Waals surface area contributed by atoms with Crippen LogP contribution in [0.2, 0.25) is 0 Å². The third-order valence-electron chi connectivity index (χ3n) is 3.48. The number of carbonyl (C=O) groups excluding carboxylic acids is 1. The Labute approximate surface area is 107 Å². The Morgan fingerprint density at radius 3 is 2.26 bits per heavy atom. The number of aliphatic carboxylic acids is 1. The van der Waals surface area contributed by atoms with Gasteiger partial charge in [0.2, 0.25) is 0 Å². The highest BCUT2D eigenvalue weighted by Crippen LogP contribution is 2.45. The first kappa shape index (κ1) is 14.0. The molecule has 0 spiro atoms. The molecule has 2 amide bonds. The second-order valence-electron chi connectivity index (χ2n) is 5.22. The molecule has 2 aliphatic rings. The van der Waals surface area contributed by atoms with Crippen molar-refractivity contribution in [1.82, 2.24) is 10.2 Å². The van der Waals surface area contributed by atoms with E-state index in [4.69, 9.17) is 5.11 Å². The van der Waals surface area contributed by atoms with Crippen LogP contribution in [0.1, 0.15) is 25.7 Å². The molecule has 5 nitrogen and oxygen atoms in total. The highest BCUT2D eigenvalue weighted by molar-refractivity contribution is 5.80. The summed E-state index contributed by atoms with van der Waals surface area (Å²) in [7, 11) is 0. The monoisotopic (exact) mass is 280 g/mol. The van der Waals surface area contributed by atoms with E-state index in [9.17, 15) is 22.8 Å². The average Bonchev–Trinajstić information content (AvgIpc) is 3.13.